The van der Waals surface area contributed by atoms with Gasteiger partial charge in [-0.2, -0.15) is 0 Å². The molecule has 0 aromatic heterocycles. The molecule has 1 aliphatic heterocycles. The molecule has 0 spiro atoms. The summed E-state index contributed by atoms with van der Waals surface area (Å²) in [7, 11) is 0. The van der Waals surface area contributed by atoms with E-state index in [1.165, 1.54) is 0 Å². The zero-order valence-corrected chi connectivity index (χ0v) is 9.09. The van der Waals surface area contributed by atoms with Crippen LogP contribution in [0.2, 0.25) is 0 Å². The van der Waals surface area contributed by atoms with Crippen molar-refractivity contribution in [3.63, 3.8) is 0 Å². The Kier molecular flexibility index (Phi) is 4.02. The van der Waals surface area contributed by atoms with Crippen LogP contribution in [0.3, 0.4) is 0 Å². The molecule has 1 aromatic rings. The monoisotopic (exact) mass is 224 g/mol. The number of hydrogen-bond donors (Lipinski definition) is 1. The molecule has 4 nitrogen and oxygen atoms in total. The molecular weight excluding hydrogens is 208 g/mol. The van der Waals surface area contributed by atoms with Crippen LogP contribution in [0.25, 0.3) is 0 Å². The van der Waals surface area contributed by atoms with Gasteiger partial charge in [0.1, 0.15) is 6.61 Å². The van der Waals surface area contributed by atoms with Crippen LogP contribution >= 0.6 is 0 Å². The Balaban J connectivity index is 1.79. The lowest BCUT2D eigenvalue weighted by molar-refractivity contribution is 0.00553. The fraction of sp³-hybridized carbons (Fsp3) is 0.500. The second-order valence-electron chi connectivity index (χ2n) is 3.65. The SMILES string of the molecule is OCCCOCC1COc2ccccc2O1. The van der Waals surface area contributed by atoms with Crippen LogP contribution in [0.4, 0.5) is 0 Å². The Morgan fingerprint density at radius 2 is 2.12 bits per heavy atom. The largest absolute Gasteiger partial charge is 0.486 e. The number of rotatable bonds is 5. The van der Waals surface area contributed by atoms with Gasteiger partial charge in [0.15, 0.2) is 17.6 Å². The highest BCUT2D eigenvalue weighted by Crippen LogP contribution is 2.30. The van der Waals surface area contributed by atoms with E-state index >= 15 is 0 Å². The highest BCUT2D eigenvalue weighted by molar-refractivity contribution is 5.40. The second-order valence-corrected chi connectivity index (χ2v) is 3.65. The Morgan fingerprint density at radius 3 is 2.94 bits per heavy atom. The molecule has 0 radical (unpaired) electrons. The molecule has 88 valence electrons. The number of aliphatic hydroxyl groups is 1. The molecule has 1 heterocycles. The van der Waals surface area contributed by atoms with Gasteiger partial charge >= 0.3 is 0 Å². The number of benzene rings is 1. The van der Waals surface area contributed by atoms with E-state index in [1.807, 2.05) is 24.3 Å². The zero-order valence-electron chi connectivity index (χ0n) is 9.09. The Labute approximate surface area is 94.8 Å². The molecular formula is C12H16O4. The molecule has 4 heteroatoms. The summed E-state index contributed by atoms with van der Waals surface area (Å²) in [5, 5.41) is 8.60. The maximum absolute atomic E-state index is 8.60. The highest BCUT2D eigenvalue weighted by Gasteiger charge is 2.20. The maximum Gasteiger partial charge on any atom is 0.161 e. The van der Waals surface area contributed by atoms with E-state index in [4.69, 9.17) is 19.3 Å². The van der Waals surface area contributed by atoms with Gasteiger partial charge in [0, 0.05) is 13.2 Å². The third kappa shape index (κ3) is 2.87. The second kappa shape index (κ2) is 5.72. The summed E-state index contributed by atoms with van der Waals surface area (Å²) in [6.45, 7) is 1.72. The standard InChI is InChI=1S/C12H16O4/c13-6-3-7-14-8-10-9-15-11-4-1-2-5-12(11)16-10/h1-2,4-5,10,13H,3,6-9H2. The maximum atomic E-state index is 8.60. The lowest BCUT2D eigenvalue weighted by atomic mass is 10.3. The third-order valence-electron chi connectivity index (χ3n) is 2.32. The predicted octanol–water partition coefficient (Wildman–Crippen LogP) is 1.23. The first kappa shape index (κ1) is 11.2. The van der Waals surface area contributed by atoms with Crippen molar-refractivity contribution in [3.05, 3.63) is 24.3 Å². The molecule has 0 amide bonds. The smallest absolute Gasteiger partial charge is 0.161 e. The van der Waals surface area contributed by atoms with Gasteiger partial charge in [0.05, 0.1) is 6.61 Å². The third-order valence-corrected chi connectivity index (χ3v) is 2.32. The molecule has 1 aromatic carbocycles. The summed E-state index contributed by atoms with van der Waals surface area (Å²) < 4.78 is 16.6. The summed E-state index contributed by atoms with van der Waals surface area (Å²) in [5.74, 6) is 1.55. The first-order chi connectivity index (χ1) is 7.90. The Bertz CT molecular complexity index is 327. The number of aliphatic hydroxyl groups excluding tert-OH is 1. The van der Waals surface area contributed by atoms with Crippen LogP contribution < -0.4 is 9.47 Å². The van der Waals surface area contributed by atoms with E-state index < -0.39 is 0 Å². The van der Waals surface area contributed by atoms with Crippen LogP contribution in [0.5, 0.6) is 11.5 Å². The van der Waals surface area contributed by atoms with Crippen molar-refractivity contribution in [1.29, 1.82) is 0 Å². The van der Waals surface area contributed by atoms with Gasteiger partial charge in [0.2, 0.25) is 0 Å². The minimum atomic E-state index is -0.0615. The van der Waals surface area contributed by atoms with Crippen molar-refractivity contribution in [2.75, 3.05) is 26.4 Å². The molecule has 2 rings (SSSR count). The minimum absolute atomic E-state index is 0.0615. The van der Waals surface area contributed by atoms with Gasteiger partial charge in [-0.05, 0) is 18.6 Å². The van der Waals surface area contributed by atoms with Crippen LogP contribution in [0, 0.1) is 0 Å². The predicted molar refractivity (Wildman–Crippen MR) is 58.9 cm³/mol. The zero-order chi connectivity index (χ0) is 11.2. The quantitative estimate of drug-likeness (QED) is 0.764. The van der Waals surface area contributed by atoms with Gasteiger partial charge in [-0.25, -0.2) is 0 Å². The molecule has 1 unspecified atom stereocenters. The van der Waals surface area contributed by atoms with Crippen LogP contribution in [-0.2, 0) is 4.74 Å². The molecule has 0 fully saturated rings. The Morgan fingerprint density at radius 1 is 1.31 bits per heavy atom. The van der Waals surface area contributed by atoms with Crippen molar-refractivity contribution in [2.24, 2.45) is 0 Å². The summed E-state index contributed by atoms with van der Waals surface area (Å²) in [4.78, 5) is 0. The van der Waals surface area contributed by atoms with Crippen LogP contribution in [-0.4, -0.2) is 37.6 Å². The molecule has 0 aliphatic carbocycles. The van der Waals surface area contributed by atoms with Crippen molar-refractivity contribution >= 4 is 0 Å². The van der Waals surface area contributed by atoms with Crippen molar-refractivity contribution in [1.82, 2.24) is 0 Å². The molecule has 0 bridgehead atoms. The van der Waals surface area contributed by atoms with Crippen molar-refractivity contribution in [2.45, 2.75) is 12.5 Å². The van der Waals surface area contributed by atoms with Crippen molar-refractivity contribution in [3.8, 4) is 11.5 Å². The first-order valence-corrected chi connectivity index (χ1v) is 5.47. The minimum Gasteiger partial charge on any atom is -0.486 e. The fourth-order valence-corrected chi connectivity index (χ4v) is 1.53. The molecule has 0 saturated heterocycles. The van der Waals surface area contributed by atoms with Crippen LogP contribution in [0.1, 0.15) is 6.42 Å². The van der Waals surface area contributed by atoms with Crippen molar-refractivity contribution < 1.29 is 19.3 Å². The molecule has 1 atom stereocenters. The molecule has 1 aliphatic rings. The average Bonchev–Trinajstić information content (AvgIpc) is 2.34. The van der Waals surface area contributed by atoms with E-state index in [0.717, 1.165) is 11.5 Å². The van der Waals surface area contributed by atoms with E-state index in [1.54, 1.807) is 0 Å². The first-order valence-electron chi connectivity index (χ1n) is 5.47. The van der Waals surface area contributed by atoms with E-state index in [2.05, 4.69) is 0 Å². The highest BCUT2D eigenvalue weighted by atomic mass is 16.6. The molecule has 16 heavy (non-hydrogen) atoms. The molecule has 1 N–H and O–H groups in total. The number of ether oxygens (including phenoxy) is 3. The van der Waals surface area contributed by atoms with Gasteiger partial charge in [0.25, 0.3) is 0 Å². The molecule has 0 saturated carbocycles. The average molecular weight is 224 g/mol. The fourth-order valence-electron chi connectivity index (χ4n) is 1.53. The Hall–Kier alpha value is -1.26. The van der Waals surface area contributed by atoms with Crippen LogP contribution in [0.15, 0.2) is 24.3 Å². The van der Waals surface area contributed by atoms with Gasteiger partial charge in [-0.1, -0.05) is 12.1 Å². The van der Waals surface area contributed by atoms with Gasteiger partial charge in [-0.15, -0.1) is 0 Å². The normalized spacial score (nSPS) is 18.4. The lowest BCUT2D eigenvalue weighted by Crippen LogP contribution is -2.33. The number of fused-ring (bicyclic) bond motifs is 1. The number of para-hydroxylation sites is 2. The van der Waals surface area contributed by atoms with Gasteiger partial charge < -0.3 is 19.3 Å². The number of hydrogen-bond acceptors (Lipinski definition) is 4. The van der Waals surface area contributed by atoms with E-state index in [0.29, 0.717) is 26.2 Å². The van der Waals surface area contributed by atoms with Gasteiger partial charge in [-0.3, -0.25) is 0 Å². The van der Waals surface area contributed by atoms with E-state index in [-0.39, 0.29) is 12.7 Å². The summed E-state index contributed by atoms with van der Waals surface area (Å²) >= 11 is 0. The summed E-state index contributed by atoms with van der Waals surface area (Å²) in [5.41, 5.74) is 0. The summed E-state index contributed by atoms with van der Waals surface area (Å²) in [6.07, 6.45) is 0.595. The lowest BCUT2D eigenvalue weighted by Gasteiger charge is -2.26. The summed E-state index contributed by atoms with van der Waals surface area (Å²) in [6, 6.07) is 7.60. The van der Waals surface area contributed by atoms with E-state index in [9.17, 15) is 0 Å². The topological polar surface area (TPSA) is 47.9 Å².